The Bertz CT molecular complexity index is 1150. The molecule has 0 atom stereocenters. The number of sulfonamides is 1. The highest BCUT2D eigenvalue weighted by Crippen LogP contribution is 2.24. The van der Waals surface area contributed by atoms with E-state index in [2.05, 4.69) is 20.0 Å². The first kappa shape index (κ1) is 19.6. The number of nitrogen functional groups attached to an aromatic ring is 1. The monoisotopic (exact) mass is 399 g/mol. The summed E-state index contributed by atoms with van der Waals surface area (Å²) >= 11 is 0. The second kappa shape index (κ2) is 7.81. The van der Waals surface area contributed by atoms with Crippen LogP contribution in [0.5, 0.6) is 0 Å². The van der Waals surface area contributed by atoms with Crippen LogP contribution in [0.2, 0.25) is 0 Å². The van der Waals surface area contributed by atoms with Gasteiger partial charge >= 0.3 is 0 Å². The molecule has 0 aliphatic carbocycles. The highest BCUT2D eigenvalue weighted by atomic mass is 32.2. The summed E-state index contributed by atoms with van der Waals surface area (Å²) in [5.74, 6) is -0.0526. The van der Waals surface area contributed by atoms with E-state index < -0.39 is 10.0 Å². The fourth-order valence-electron chi connectivity index (χ4n) is 2.80. The Kier molecular flexibility index (Phi) is 5.46. The molecule has 0 aliphatic rings. The quantitative estimate of drug-likeness (QED) is 0.585. The van der Waals surface area contributed by atoms with Crippen LogP contribution in [0.15, 0.2) is 42.7 Å². The number of aromatic nitrogens is 2. The van der Waals surface area contributed by atoms with Crippen molar-refractivity contribution in [3.8, 4) is 0 Å². The molecule has 3 rings (SSSR count). The molecule has 28 heavy (non-hydrogen) atoms. The zero-order valence-electron chi connectivity index (χ0n) is 15.6. The van der Waals surface area contributed by atoms with Gasteiger partial charge in [0.2, 0.25) is 10.0 Å². The standard InChI is InChI=1S/C19H21N5O3S/c1-3-9-28(26,27)24-13-8-7-12(2)16(10-13)23-19(25)15-6-4-5-14-17(15)21-11-22-18(14)20/h4-8,10-11,24H,3,9H2,1-2H3,(H,23,25)(H2,20,21,22). The fourth-order valence-corrected chi connectivity index (χ4v) is 3.93. The molecular weight excluding hydrogens is 378 g/mol. The topological polar surface area (TPSA) is 127 Å². The highest BCUT2D eigenvalue weighted by molar-refractivity contribution is 7.92. The lowest BCUT2D eigenvalue weighted by Gasteiger charge is -2.13. The molecule has 0 unspecified atom stereocenters. The molecule has 3 aromatic rings. The minimum atomic E-state index is -3.42. The number of nitrogens with two attached hydrogens (primary N) is 1. The van der Waals surface area contributed by atoms with E-state index in [-0.39, 0.29) is 11.7 Å². The fraction of sp³-hybridized carbons (Fsp3) is 0.211. The second-order valence-corrected chi connectivity index (χ2v) is 8.21. The maximum Gasteiger partial charge on any atom is 0.257 e. The third-order valence-electron chi connectivity index (χ3n) is 4.17. The van der Waals surface area contributed by atoms with Crippen LogP contribution in [0.25, 0.3) is 10.9 Å². The van der Waals surface area contributed by atoms with Crippen LogP contribution in [0.1, 0.15) is 29.3 Å². The summed E-state index contributed by atoms with van der Waals surface area (Å²) in [6, 6.07) is 10.1. The molecule has 0 saturated carbocycles. The third-order valence-corrected chi connectivity index (χ3v) is 5.66. The van der Waals surface area contributed by atoms with E-state index in [0.29, 0.717) is 40.1 Å². The number of aryl methyl sites for hydroxylation is 1. The number of nitrogens with one attached hydrogen (secondary N) is 2. The van der Waals surface area contributed by atoms with Crippen molar-refractivity contribution >= 4 is 44.0 Å². The van der Waals surface area contributed by atoms with Gasteiger partial charge in [-0.25, -0.2) is 18.4 Å². The minimum absolute atomic E-state index is 0.0275. The molecule has 0 radical (unpaired) electrons. The number of hydrogen-bond acceptors (Lipinski definition) is 6. The molecule has 2 aromatic carbocycles. The maximum absolute atomic E-state index is 12.8. The van der Waals surface area contributed by atoms with Crippen LogP contribution in [0.4, 0.5) is 17.2 Å². The van der Waals surface area contributed by atoms with E-state index >= 15 is 0 Å². The Hall–Kier alpha value is -3.20. The Morgan fingerprint density at radius 1 is 1.18 bits per heavy atom. The first-order chi connectivity index (χ1) is 13.3. The summed E-state index contributed by atoms with van der Waals surface area (Å²) < 4.78 is 26.5. The number of carbonyl (C=O) groups excluding carboxylic acids is 1. The van der Waals surface area contributed by atoms with E-state index in [1.54, 1.807) is 43.3 Å². The van der Waals surface area contributed by atoms with Gasteiger partial charge in [0, 0.05) is 11.1 Å². The van der Waals surface area contributed by atoms with Crippen LogP contribution < -0.4 is 15.8 Å². The predicted octanol–water partition coefficient (Wildman–Crippen LogP) is 2.92. The summed E-state index contributed by atoms with van der Waals surface area (Å²) in [7, 11) is -3.42. The summed E-state index contributed by atoms with van der Waals surface area (Å²) in [6.07, 6.45) is 1.82. The maximum atomic E-state index is 12.8. The van der Waals surface area contributed by atoms with E-state index in [4.69, 9.17) is 5.73 Å². The van der Waals surface area contributed by atoms with Gasteiger partial charge in [0.15, 0.2) is 0 Å². The average Bonchev–Trinajstić information content (AvgIpc) is 2.64. The Labute approximate surface area is 163 Å². The smallest absolute Gasteiger partial charge is 0.257 e. The lowest BCUT2D eigenvalue weighted by molar-refractivity contribution is 0.102. The predicted molar refractivity (Wildman–Crippen MR) is 111 cm³/mol. The zero-order valence-corrected chi connectivity index (χ0v) is 16.4. The lowest BCUT2D eigenvalue weighted by atomic mass is 10.1. The summed E-state index contributed by atoms with van der Waals surface area (Å²) in [6.45, 7) is 3.61. The Morgan fingerprint density at radius 2 is 1.96 bits per heavy atom. The van der Waals surface area contributed by atoms with Crippen molar-refractivity contribution in [2.45, 2.75) is 20.3 Å². The van der Waals surface area contributed by atoms with Crippen molar-refractivity contribution in [3.63, 3.8) is 0 Å². The molecule has 1 amide bonds. The third kappa shape index (κ3) is 4.20. The molecule has 0 fully saturated rings. The number of amides is 1. The molecule has 0 bridgehead atoms. The first-order valence-electron chi connectivity index (χ1n) is 8.72. The molecule has 4 N–H and O–H groups in total. The molecule has 146 valence electrons. The molecule has 9 heteroatoms. The molecule has 8 nitrogen and oxygen atoms in total. The van der Waals surface area contributed by atoms with E-state index in [1.165, 1.54) is 6.33 Å². The van der Waals surface area contributed by atoms with Gasteiger partial charge in [0.1, 0.15) is 12.1 Å². The van der Waals surface area contributed by atoms with Gasteiger partial charge in [-0.15, -0.1) is 0 Å². The van der Waals surface area contributed by atoms with E-state index in [9.17, 15) is 13.2 Å². The number of hydrogen-bond donors (Lipinski definition) is 3. The molecule has 1 heterocycles. The number of rotatable bonds is 6. The minimum Gasteiger partial charge on any atom is -0.383 e. The van der Waals surface area contributed by atoms with Crippen LogP contribution in [-0.4, -0.2) is 30.0 Å². The summed E-state index contributed by atoms with van der Waals surface area (Å²) in [4.78, 5) is 20.9. The zero-order chi connectivity index (χ0) is 20.3. The molecule has 0 saturated heterocycles. The lowest BCUT2D eigenvalue weighted by Crippen LogP contribution is -2.17. The second-order valence-electron chi connectivity index (χ2n) is 6.37. The Balaban J connectivity index is 1.91. The normalized spacial score (nSPS) is 11.4. The van der Waals surface area contributed by atoms with Crippen molar-refractivity contribution in [2.75, 3.05) is 21.5 Å². The Morgan fingerprint density at radius 3 is 2.71 bits per heavy atom. The van der Waals surface area contributed by atoms with Gasteiger partial charge in [0.25, 0.3) is 5.91 Å². The van der Waals surface area contributed by atoms with Crippen LogP contribution in [-0.2, 0) is 10.0 Å². The summed E-state index contributed by atoms with van der Waals surface area (Å²) in [5, 5.41) is 3.41. The highest BCUT2D eigenvalue weighted by Gasteiger charge is 2.15. The van der Waals surface area contributed by atoms with Crippen LogP contribution >= 0.6 is 0 Å². The van der Waals surface area contributed by atoms with Crippen molar-refractivity contribution < 1.29 is 13.2 Å². The number of benzene rings is 2. The van der Waals surface area contributed by atoms with Gasteiger partial charge in [-0.2, -0.15) is 0 Å². The number of para-hydroxylation sites is 1. The van der Waals surface area contributed by atoms with Crippen molar-refractivity contribution in [1.29, 1.82) is 0 Å². The number of anilines is 3. The molecule has 0 spiro atoms. The van der Waals surface area contributed by atoms with Crippen LogP contribution in [0, 0.1) is 6.92 Å². The number of fused-ring (bicyclic) bond motifs is 1. The summed E-state index contributed by atoms with van der Waals surface area (Å²) in [5.41, 5.74) is 8.34. The van der Waals surface area contributed by atoms with Gasteiger partial charge in [-0.3, -0.25) is 9.52 Å². The van der Waals surface area contributed by atoms with Crippen molar-refractivity contribution in [2.24, 2.45) is 0 Å². The van der Waals surface area contributed by atoms with Crippen molar-refractivity contribution in [1.82, 2.24) is 9.97 Å². The van der Waals surface area contributed by atoms with Gasteiger partial charge < -0.3 is 11.1 Å². The van der Waals surface area contributed by atoms with E-state index in [1.807, 2.05) is 6.92 Å². The van der Waals surface area contributed by atoms with Crippen LogP contribution in [0.3, 0.4) is 0 Å². The number of nitrogens with zero attached hydrogens (tertiary/aromatic N) is 2. The number of carbonyl (C=O) groups is 1. The van der Waals surface area contributed by atoms with Gasteiger partial charge in [0.05, 0.1) is 22.5 Å². The van der Waals surface area contributed by atoms with E-state index in [0.717, 1.165) is 5.56 Å². The SMILES string of the molecule is CCCS(=O)(=O)Nc1ccc(C)c(NC(=O)c2cccc3c(N)ncnc23)c1. The van der Waals surface area contributed by atoms with Gasteiger partial charge in [-0.05, 0) is 43.2 Å². The molecule has 1 aromatic heterocycles. The van der Waals surface area contributed by atoms with Gasteiger partial charge in [-0.1, -0.05) is 19.1 Å². The molecule has 0 aliphatic heterocycles. The first-order valence-corrected chi connectivity index (χ1v) is 10.4. The largest absolute Gasteiger partial charge is 0.383 e. The average molecular weight is 399 g/mol. The van der Waals surface area contributed by atoms with Crippen molar-refractivity contribution in [3.05, 3.63) is 53.9 Å². The molecular formula is C19H21N5O3S.